The molecule has 0 radical (unpaired) electrons. The molecule has 0 amide bonds. The number of rotatable bonds is 1. The van der Waals surface area contributed by atoms with E-state index >= 15 is 0 Å². The summed E-state index contributed by atoms with van der Waals surface area (Å²) in [7, 11) is 1.50. The first-order chi connectivity index (χ1) is 5.74. The summed E-state index contributed by atoms with van der Waals surface area (Å²) in [6.07, 6.45) is 1.46. The number of nitrogen functional groups attached to an aromatic ring is 2. The lowest BCUT2D eigenvalue weighted by Crippen LogP contribution is -2.12. The first kappa shape index (κ1) is 6.77. The third-order valence-corrected chi connectivity index (χ3v) is 1.54. The van der Waals surface area contributed by atoms with Crippen molar-refractivity contribution in [3.63, 3.8) is 0 Å². The number of hydrogen-bond donors (Lipinski definition) is 2. The molecule has 0 aliphatic heterocycles. The Morgan fingerprint density at radius 3 is 2.92 bits per heavy atom. The standard InChI is InChI=1S/C5H8N6O/c1-12-10-2-8-4-3(6)9-5(7)11(4)10/h2H,6H2,1H3,(H2,7,9). The first-order valence-corrected chi connectivity index (χ1v) is 3.25. The molecule has 2 aromatic rings. The van der Waals surface area contributed by atoms with Gasteiger partial charge in [0.2, 0.25) is 11.6 Å². The van der Waals surface area contributed by atoms with Crippen LogP contribution in [0.4, 0.5) is 11.8 Å². The van der Waals surface area contributed by atoms with Crippen molar-refractivity contribution in [2.75, 3.05) is 18.6 Å². The number of nitrogens with zero attached hydrogens (tertiary/aromatic N) is 4. The van der Waals surface area contributed by atoms with E-state index in [0.29, 0.717) is 11.5 Å². The van der Waals surface area contributed by atoms with Crippen LogP contribution < -0.4 is 16.3 Å². The summed E-state index contributed by atoms with van der Waals surface area (Å²) in [5.74, 6) is 0.546. The average molecular weight is 168 g/mol. The highest BCUT2D eigenvalue weighted by Crippen LogP contribution is 2.12. The molecule has 0 saturated heterocycles. The van der Waals surface area contributed by atoms with E-state index in [9.17, 15) is 0 Å². The normalized spacial score (nSPS) is 10.8. The van der Waals surface area contributed by atoms with Crippen LogP contribution in [0.3, 0.4) is 0 Å². The maximum atomic E-state index is 5.53. The molecule has 7 heteroatoms. The summed E-state index contributed by atoms with van der Waals surface area (Å²) in [5.41, 5.74) is 11.5. The number of aromatic nitrogens is 4. The Labute approximate surface area is 67.5 Å². The van der Waals surface area contributed by atoms with E-state index in [2.05, 4.69) is 9.97 Å². The van der Waals surface area contributed by atoms with Crippen molar-refractivity contribution in [1.82, 2.24) is 19.3 Å². The Morgan fingerprint density at radius 2 is 2.25 bits per heavy atom. The van der Waals surface area contributed by atoms with Gasteiger partial charge in [-0.05, 0) is 0 Å². The Bertz CT molecular complexity index is 415. The van der Waals surface area contributed by atoms with Gasteiger partial charge in [0, 0.05) is 0 Å². The van der Waals surface area contributed by atoms with Gasteiger partial charge in [-0.2, -0.15) is 9.50 Å². The Balaban J connectivity index is 2.84. The number of hydrogen-bond acceptors (Lipinski definition) is 5. The van der Waals surface area contributed by atoms with E-state index in [4.69, 9.17) is 16.3 Å². The molecule has 0 spiro atoms. The number of anilines is 2. The summed E-state index contributed by atoms with van der Waals surface area (Å²) in [4.78, 5) is 14.0. The second-order valence-corrected chi connectivity index (χ2v) is 2.22. The van der Waals surface area contributed by atoms with Crippen LogP contribution in [0.2, 0.25) is 0 Å². The van der Waals surface area contributed by atoms with Gasteiger partial charge in [-0.15, -0.1) is 4.85 Å². The maximum absolute atomic E-state index is 5.53. The summed E-state index contributed by atoms with van der Waals surface area (Å²) in [6.45, 7) is 0. The van der Waals surface area contributed by atoms with Crippen molar-refractivity contribution in [2.24, 2.45) is 0 Å². The van der Waals surface area contributed by atoms with E-state index in [1.54, 1.807) is 0 Å². The monoisotopic (exact) mass is 168 g/mol. The zero-order chi connectivity index (χ0) is 8.72. The van der Waals surface area contributed by atoms with Gasteiger partial charge in [0.05, 0.1) is 0 Å². The molecule has 2 rings (SSSR count). The van der Waals surface area contributed by atoms with E-state index in [-0.39, 0.29) is 5.95 Å². The highest BCUT2D eigenvalue weighted by molar-refractivity contribution is 5.63. The quantitative estimate of drug-likeness (QED) is 0.554. The third-order valence-electron chi connectivity index (χ3n) is 1.54. The van der Waals surface area contributed by atoms with Crippen molar-refractivity contribution in [1.29, 1.82) is 0 Å². The van der Waals surface area contributed by atoms with Crippen LogP contribution >= 0.6 is 0 Å². The van der Waals surface area contributed by atoms with E-state index in [0.717, 1.165) is 0 Å². The molecule has 0 saturated carbocycles. The smallest absolute Gasteiger partial charge is 0.226 e. The van der Waals surface area contributed by atoms with Crippen LogP contribution in [0, 0.1) is 0 Å². The zero-order valence-corrected chi connectivity index (χ0v) is 6.43. The van der Waals surface area contributed by atoms with Gasteiger partial charge in [-0.1, -0.05) is 0 Å². The summed E-state index contributed by atoms with van der Waals surface area (Å²) in [6, 6.07) is 0. The highest BCUT2D eigenvalue weighted by atomic mass is 16.7. The van der Waals surface area contributed by atoms with Gasteiger partial charge in [0.15, 0.2) is 12.1 Å². The van der Waals surface area contributed by atoms with Crippen LogP contribution in [-0.2, 0) is 0 Å². The van der Waals surface area contributed by atoms with Crippen molar-refractivity contribution >= 4 is 17.4 Å². The molecule has 2 heterocycles. The Morgan fingerprint density at radius 1 is 1.50 bits per heavy atom. The first-order valence-electron chi connectivity index (χ1n) is 3.25. The maximum Gasteiger partial charge on any atom is 0.226 e. The van der Waals surface area contributed by atoms with E-state index in [1.165, 1.54) is 22.8 Å². The molecule has 0 aromatic carbocycles. The summed E-state index contributed by atoms with van der Waals surface area (Å²) in [5, 5.41) is 0. The van der Waals surface area contributed by atoms with Crippen molar-refractivity contribution < 1.29 is 4.84 Å². The molecule has 0 unspecified atom stereocenters. The lowest BCUT2D eigenvalue weighted by molar-refractivity contribution is 0.124. The molecule has 0 aliphatic carbocycles. The Kier molecular flexibility index (Phi) is 1.15. The topological polar surface area (TPSA) is 96.4 Å². The number of nitrogens with two attached hydrogens (primary N) is 2. The highest BCUT2D eigenvalue weighted by Gasteiger charge is 2.10. The molecule has 0 aliphatic rings. The van der Waals surface area contributed by atoms with Gasteiger partial charge < -0.3 is 16.3 Å². The lowest BCUT2D eigenvalue weighted by Gasteiger charge is -1.99. The van der Waals surface area contributed by atoms with Crippen molar-refractivity contribution in [2.45, 2.75) is 0 Å². The predicted molar refractivity (Wildman–Crippen MR) is 42.3 cm³/mol. The second-order valence-electron chi connectivity index (χ2n) is 2.22. The molecule has 0 bridgehead atoms. The van der Waals surface area contributed by atoms with Gasteiger partial charge in [0.1, 0.15) is 7.11 Å². The predicted octanol–water partition coefficient (Wildman–Crippen LogP) is -1.25. The van der Waals surface area contributed by atoms with Crippen LogP contribution in [0.1, 0.15) is 0 Å². The average Bonchev–Trinajstić information content (AvgIpc) is 2.55. The minimum absolute atomic E-state index is 0.252. The van der Waals surface area contributed by atoms with Crippen LogP contribution in [-0.4, -0.2) is 26.4 Å². The van der Waals surface area contributed by atoms with Crippen LogP contribution in [0.5, 0.6) is 0 Å². The SMILES string of the molecule is COn1cnc2c(N)nc(N)n21. The van der Waals surface area contributed by atoms with Crippen molar-refractivity contribution in [3.8, 4) is 0 Å². The van der Waals surface area contributed by atoms with Gasteiger partial charge in [-0.3, -0.25) is 0 Å². The fourth-order valence-corrected chi connectivity index (χ4v) is 1.04. The largest absolute Gasteiger partial charge is 0.400 e. The van der Waals surface area contributed by atoms with E-state index in [1.807, 2.05) is 0 Å². The Hall–Kier alpha value is -1.92. The zero-order valence-electron chi connectivity index (χ0n) is 6.43. The molecule has 64 valence electrons. The molecule has 2 aromatic heterocycles. The second kappa shape index (κ2) is 2.03. The molecular formula is C5H8N6O. The summed E-state index contributed by atoms with van der Waals surface area (Å²) >= 11 is 0. The van der Waals surface area contributed by atoms with Crippen LogP contribution in [0.15, 0.2) is 6.33 Å². The molecule has 7 nitrogen and oxygen atoms in total. The van der Waals surface area contributed by atoms with Crippen molar-refractivity contribution in [3.05, 3.63) is 6.33 Å². The number of imidazole rings is 1. The molecule has 4 N–H and O–H groups in total. The fourth-order valence-electron chi connectivity index (χ4n) is 1.04. The summed E-state index contributed by atoms with van der Waals surface area (Å²) < 4.78 is 1.47. The van der Waals surface area contributed by atoms with Crippen LogP contribution in [0.25, 0.3) is 5.65 Å². The molecular weight excluding hydrogens is 160 g/mol. The van der Waals surface area contributed by atoms with Gasteiger partial charge in [0.25, 0.3) is 0 Å². The van der Waals surface area contributed by atoms with Gasteiger partial charge >= 0.3 is 0 Å². The molecule has 0 atom stereocenters. The fraction of sp³-hybridized carbons (Fsp3) is 0.200. The minimum atomic E-state index is 0.252. The molecule has 0 fully saturated rings. The number of fused-ring (bicyclic) bond motifs is 1. The minimum Gasteiger partial charge on any atom is -0.400 e. The van der Waals surface area contributed by atoms with E-state index < -0.39 is 0 Å². The third kappa shape index (κ3) is 0.644. The molecule has 12 heavy (non-hydrogen) atoms. The lowest BCUT2D eigenvalue weighted by atomic mass is 10.7. The van der Waals surface area contributed by atoms with Gasteiger partial charge in [-0.25, -0.2) is 4.98 Å².